The maximum Gasteiger partial charge on any atom is 0.149 e. The van der Waals surface area contributed by atoms with Crippen molar-refractivity contribution in [3.63, 3.8) is 0 Å². The number of rotatable bonds is 7. The van der Waals surface area contributed by atoms with E-state index < -0.39 is 5.82 Å². The molecule has 0 heterocycles. The van der Waals surface area contributed by atoms with E-state index in [4.69, 9.17) is 20.3 Å². The molecule has 0 aliphatic carbocycles. The lowest BCUT2D eigenvalue weighted by atomic mass is 10.2. The van der Waals surface area contributed by atoms with Gasteiger partial charge in [-0.3, -0.25) is 0 Å². The number of ether oxygens (including phenoxy) is 2. The fourth-order valence-corrected chi connectivity index (χ4v) is 2.16. The van der Waals surface area contributed by atoms with Gasteiger partial charge in [0.15, 0.2) is 0 Å². The van der Waals surface area contributed by atoms with Gasteiger partial charge in [-0.25, -0.2) is 4.39 Å². The van der Waals surface area contributed by atoms with Crippen LogP contribution in [0.4, 0.5) is 15.8 Å². The molecular formula is C16H20BrFN2O3. The number of aliphatic hydroxyl groups excluding tert-OH is 1. The van der Waals surface area contributed by atoms with Gasteiger partial charge in [0, 0.05) is 17.6 Å². The van der Waals surface area contributed by atoms with Crippen LogP contribution in [-0.2, 0) is 16.1 Å². The van der Waals surface area contributed by atoms with E-state index in [0.717, 1.165) is 12.7 Å². The van der Waals surface area contributed by atoms with Crippen molar-refractivity contribution in [2.45, 2.75) is 6.61 Å². The minimum atomic E-state index is -0.471. The van der Waals surface area contributed by atoms with Crippen molar-refractivity contribution in [2.75, 3.05) is 31.7 Å². The number of hydrogen-bond donors (Lipinski definition) is 3. The molecule has 0 saturated heterocycles. The third kappa shape index (κ3) is 6.96. The Morgan fingerprint density at radius 2 is 1.87 bits per heavy atom. The summed E-state index contributed by atoms with van der Waals surface area (Å²) >= 11 is 3.30. The maximum atomic E-state index is 13.3. The summed E-state index contributed by atoms with van der Waals surface area (Å²) in [5.41, 5.74) is 7.21. The molecule has 0 bridgehead atoms. The van der Waals surface area contributed by atoms with Gasteiger partial charge in [0.05, 0.1) is 18.0 Å². The molecule has 2 aromatic rings. The first kappa shape index (κ1) is 19.4. The number of hydrogen-bond acceptors (Lipinski definition) is 5. The van der Waals surface area contributed by atoms with Gasteiger partial charge in [-0.05, 0) is 27.6 Å². The second kappa shape index (κ2) is 11.0. The summed E-state index contributed by atoms with van der Waals surface area (Å²) in [6.07, 6.45) is 0. The largest absolute Gasteiger partial charge is 0.400 e. The highest BCUT2D eigenvalue weighted by atomic mass is 79.9. The second-order valence-electron chi connectivity index (χ2n) is 4.33. The lowest BCUT2D eigenvalue weighted by Crippen LogP contribution is -2.10. The van der Waals surface area contributed by atoms with Crippen LogP contribution >= 0.6 is 15.9 Å². The lowest BCUT2D eigenvalue weighted by Gasteiger charge is -2.11. The van der Waals surface area contributed by atoms with E-state index >= 15 is 0 Å². The van der Waals surface area contributed by atoms with Gasteiger partial charge in [0.25, 0.3) is 0 Å². The standard InChI is InChI=1S/C15H16BrFN2O2.CH4O/c16-12-6-14(18)13(17)7-15(12)19-9-21-10-20-8-11-4-2-1-3-5-11;1-2/h1-7,19H,8-10,18H2;2H,1H3. The summed E-state index contributed by atoms with van der Waals surface area (Å²) in [6, 6.07) is 12.6. The van der Waals surface area contributed by atoms with Crippen molar-refractivity contribution in [3.05, 3.63) is 58.3 Å². The van der Waals surface area contributed by atoms with Crippen molar-refractivity contribution in [1.29, 1.82) is 0 Å². The minimum absolute atomic E-state index is 0.0968. The van der Waals surface area contributed by atoms with Crippen LogP contribution in [0.15, 0.2) is 46.9 Å². The van der Waals surface area contributed by atoms with E-state index in [1.807, 2.05) is 30.3 Å². The Morgan fingerprint density at radius 3 is 2.57 bits per heavy atom. The van der Waals surface area contributed by atoms with Gasteiger partial charge in [0.2, 0.25) is 0 Å². The predicted octanol–water partition coefficient (Wildman–Crippen LogP) is 3.34. The minimum Gasteiger partial charge on any atom is -0.400 e. The van der Waals surface area contributed by atoms with Gasteiger partial charge in [0.1, 0.15) is 19.3 Å². The fraction of sp³-hybridized carbons (Fsp3) is 0.250. The van der Waals surface area contributed by atoms with E-state index in [9.17, 15) is 4.39 Å². The molecule has 0 aliphatic heterocycles. The first-order valence-corrected chi connectivity index (χ1v) is 7.58. The van der Waals surface area contributed by atoms with Crippen LogP contribution in [0.1, 0.15) is 5.56 Å². The van der Waals surface area contributed by atoms with Gasteiger partial charge >= 0.3 is 0 Å². The Morgan fingerprint density at radius 1 is 1.17 bits per heavy atom. The smallest absolute Gasteiger partial charge is 0.149 e. The molecule has 2 aromatic carbocycles. The third-order valence-electron chi connectivity index (χ3n) is 2.73. The molecule has 23 heavy (non-hydrogen) atoms. The van der Waals surface area contributed by atoms with Crippen LogP contribution in [0.2, 0.25) is 0 Å². The molecular weight excluding hydrogens is 367 g/mol. The normalized spacial score (nSPS) is 9.91. The molecule has 0 saturated carbocycles. The highest BCUT2D eigenvalue weighted by Crippen LogP contribution is 2.27. The van der Waals surface area contributed by atoms with Crippen molar-refractivity contribution in [3.8, 4) is 0 Å². The Balaban J connectivity index is 0.00000127. The Labute approximate surface area is 143 Å². The average Bonchev–Trinajstić information content (AvgIpc) is 2.58. The molecule has 126 valence electrons. The van der Waals surface area contributed by atoms with E-state index in [2.05, 4.69) is 21.2 Å². The van der Waals surface area contributed by atoms with Gasteiger partial charge in [-0.15, -0.1) is 0 Å². The Kier molecular flexibility index (Phi) is 9.23. The predicted molar refractivity (Wildman–Crippen MR) is 92.3 cm³/mol. The van der Waals surface area contributed by atoms with Crippen LogP contribution < -0.4 is 11.1 Å². The Hall–Kier alpha value is -1.67. The first-order valence-electron chi connectivity index (χ1n) is 6.79. The zero-order valence-corrected chi connectivity index (χ0v) is 14.3. The van der Waals surface area contributed by atoms with Crippen molar-refractivity contribution < 1.29 is 19.0 Å². The van der Waals surface area contributed by atoms with Crippen LogP contribution in [-0.4, -0.2) is 25.7 Å². The maximum absolute atomic E-state index is 13.3. The molecule has 0 aliphatic rings. The summed E-state index contributed by atoms with van der Waals surface area (Å²) in [7, 11) is 1.00. The summed E-state index contributed by atoms with van der Waals surface area (Å²) in [5.74, 6) is -0.471. The summed E-state index contributed by atoms with van der Waals surface area (Å²) in [5, 5.41) is 9.94. The summed E-state index contributed by atoms with van der Waals surface area (Å²) in [4.78, 5) is 0. The number of aliphatic hydroxyl groups is 1. The molecule has 0 unspecified atom stereocenters. The lowest BCUT2D eigenvalue weighted by molar-refractivity contribution is -0.0554. The summed E-state index contributed by atoms with van der Waals surface area (Å²) < 4.78 is 24.6. The molecule has 0 fully saturated rings. The van der Waals surface area contributed by atoms with E-state index in [-0.39, 0.29) is 19.2 Å². The molecule has 0 atom stereocenters. The average molecular weight is 387 g/mol. The molecule has 0 amide bonds. The van der Waals surface area contributed by atoms with Gasteiger partial charge < -0.3 is 25.6 Å². The second-order valence-corrected chi connectivity index (χ2v) is 5.19. The number of nitrogen functional groups attached to an aromatic ring is 1. The van der Waals surface area contributed by atoms with Crippen LogP contribution in [0.3, 0.4) is 0 Å². The first-order chi connectivity index (χ1) is 11.2. The van der Waals surface area contributed by atoms with Crippen LogP contribution in [0.25, 0.3) is 0 Å². The highest BCUT2D eigenvalue weighted by Gasteiger charge is 2.05. The quantitative estimate of drug-likeness (QED) is 0.386. The van der Waals surface area contributed by atoms with Crippen LogP contribution in [0.5, 0.6) is 0 Å². The van der Waals surface area contributed by atoms with E-state index in [1.165, 1.54) is 12.1 Å². The third-order valence-corrected chi connectivity index (χ3v) is 3.39. The molecule has 0 aromatic heterocycles. The zero-order valence-electron chi connectivity index (χ0n) is 12.8. The van der Waals surface area contributed by atoms with Crippen molar-refractivity contribution in [1.82, 2.24) is 0 Å². The highest BCUT2D eigenvalue weighted by molar-refractivity contribution is 9.10. The number of nitrogens with two attached hydrogens (primary N) is 1. The Bertz CT molecular complexity index is 585. The topological polar surface area (TPSA) is 76.7 Å². The molecule has 4 N–H and O–H groups in total. The van der Waals surface area contributed by atoms with Gasteiger partial charge in [-0.1, -0.05) is 30.3 Å². The number of halogens is 2. The number of nitrogens with one attached hydrogen (secondary N) is 1. The summed E-state index contributed by atoms with van der Waals surface area (Å²) in [6.45, 7) is 0.842. The molecule has 7 heteroatoms. The van der Waals surface area contributed by atoms with Crippen molar-refractivity contribution >= 4 is 27.3 Å². The van der Waals surface area contributed by atoms with Crippen LogP contribution in [0, 0.1) is 5.82 Å². The zero-order chi connectivity index (χ0) is 17.1. The van der Waals surface area contributed by atoms with Gasteiger partial charge in [-0.2, -0.15) is 0 Å². The monoisotopic (exact) mass is 386 g/mol. The SMILES string of the molecule is CO.Nc1cc(Br)c(NCOCOCc2ccccc2)cc1F. The number of benzene rings is 2. The molecule has 5 nitrogen and oxygen atoms in total. The van der Waals surface area contributed by atoms with E-state index in [0.29, 0.717) is 16.8 Å². The number of anilines is 2. The fourth-order valence-electron chi connectivity index (χ4n) is 1.66. The van der Waals surface area contributed by atoms with E-state index in [1.54, 1.807) is 0 Å². The van der Waals surface area contributed by atoms with Crippen molar-refractivity contribution in [2.24, 2.45) is 0 Å². The molecule has 2 rings (SSSR count). The molecule has 0 radical (unpaired) electrons. The molecule has 0 spiro atoms.